The molecular weight excluding hydrogens is 379 g/mol. The molecule has 0 saturated heterocycles. The molecule has 27 heavy (non-hydrogen) atoms. The predicted molar refractivity (Wildman–Crippen MR) is 94.7 cm³/mol. The molecule has 140 valence electrons. The van der Waals surface area contributed by atoms with Crippen LogP contribution in [-0.4, -0.2) is 31.9 Å². The summed E-state index contributed by atoms with van der Waals surface area (Å²) in [6, 6.07) is 12.3. The van der Waals surface area contributed by atoms with E-state index in [-0.39, 0.29) is 11.4 Å². The van der Waals surface area contributed by atoms with Gasteiger partial charge in [0, 0.05) is 0 Å². The van der Waals surface area contributed by atoms with Crippen molar-refractivity contribution in [1.29, 1.82) is 0 Å². The van der Waals surface area contributed by atoms with Gasteiger partial charge in [-0.3, -0.25) is 4.79 Å². The Morgan fingerprint density at radius 2 is 1.85 bits per heavy atom. The van der Waals surface area contributed by atoms with Crippen molar-refractivity contribution in [3.05, 3.63) is 59.7 Å². The average Bonchev–Trinajstić information content (AvgIpc) is 3.08. The van der Waals surface area contributed by atoms with Gasteiger partial charge in [-0.1, -0.05) is 42.1 Å². The van der Waals surface area contributed by atoms with Crippen LogP contribution in [0.15, 0.2) is 53.7 Å². The largest absolute Gasteiger partial charge is 0.418 e. The average molecular weight is 393 g/mol. The number of hydrogen-bond donors (Lipinski definition) is 1. The summed E-state index contributed by atoms with van der Waals surface area (Å²) < 4.78 is 40.5. The molecule has 0 atom stereocenters. The van der Waals surface area contributed by atoms with E-state index in [2.05, 4.69) is 20.8 Å². The molecule has 0 saturated carbocycles. The Labute approximate surface area is 156 Å². The van der Waals surface area contributed by atoms with Gasteiger partial charge in [-0.05, 0) is 41.1 Å². The topological polar surface area (TPSA) is 72.7 Å². The molecule has 1 heterocycles. The Morgan fingerprint density at radius 1 is 1.15 bits per heavy atom. The number of carbonyl (C=O) groups excluding carboxylic acids is 1. The van der Waals surface area contributed by atoms with Gasteiger partial charge in [0.25, 0.3) is 0 Å². The van der Waals surface area contributed by atoms with E-state index in [0.29, 0.717) is 5.16 Å². The van der Waals surface area contributed by atoms with Crippen molar-refractivity contribution in [2.45, 2.75) is 18.3 Å². The number of halogens is 3. The van der Waals surface area contributed by atoms with Crippen molar-refractivity contribution < 1.29 is 18.0 Å². The highest BCUT2D eigenvalue weighted by atomic mass is 32.2. The molecule has 1 aromatic heterocycles. The van der Waals surface area contributed by atoms with Crippen LogP contribution in [0.25, 0.3) is 5.69 Å². The van der Waals surface area contributed by atoms with Gasteiger partial charge in [0.15, 0.2) is 0 Å². The third-order valence-electron chi connectivity index (χ3n) is 3.62. The summed E-state index contributed by atoms with van der Waals surface area (Å²) in [5.41, 5.74) is 0.519. The Hall–Kier alpha value is -2.88. The molecule has 1 amide bonds. The fourth-order valence-electron chi connectivity index (χ4n) is 2.38. The summed E-state index contributed by atoms with van der Waals surface area (Å²) in [4.78, 5) is 12.1. The lowest BCUT2D eigenvalue weighted by molar-refractivity contribution is -0.137. The van der Waals surface area contributed by atoms with E-state index in [1.807, 2.05) is 31.2 Å². The van der Waals surface area contributed by atoms with Crippen LogP contribution in [0, 0.1) is 6.92 Å². The van der Waals surface area contributed by atoms with E-state index in [9.17, 15) is 18.0 Å². The van der Waals surface area contributed by atoms with Gasteiger partial charge in [-0.15, -0.1) is 5.10 Å². The molecule has 0 aliphatic rings. The molecule has 0 spiro atoms. The number of hydrogen-bond acceptors (Lipinski definition) is 5. The predicted octanol–water partition coefficient (Wildman–Crippen LogP) is 3.72. The van der Waals surface area contributed by atoms with Gasteiger partial charge >= 0.3 is 6.18 Å². The molecule has 0 radical (unpaired) electrons. The van der Waals surface area contributed by atoms with Crippen molar-refractivity contribution >= 4 is 23.4 Å². The van der Waals surface area contributed by atoms with Crippen LogP contribution in [-0.2, 0) is 11.0 Å². The first kappa shape index (κ1) is 18.9. The number of tetrazole rings is 1. The lowest BCUT2D eigenvalue weighted by Gasteiger charge is -2.13. The van der Waals surface area contributed by atoms with Crippen LogP contribution < -0.4 is 5.32 Å². The minimum atomic E-state index is -4.55. The maximum atomic E-state index is 13.0. The number of anilines is 1. The number of alkyl halides is 3. The van der Waals surface area contributed by atoms with Gasteiger partial charge in [0.2, 0.25) is 11.1 Å². The standard InChI is InChI=1S/C17H14F3N5OS/c1-11-6-2-5-9-14(11)25-16(22-23-24-25)27-10-15(26)21-13-8-4-3-7-12(13)17(18,19)20/h2-9H,10H2,1H3,(H,21,26). The first-order valence-corrected chi connectivity index (χ1v) is 8.78. The number of nitrogens with one attached hydrogen (secondary N) is 1. The molecule has 0 unspecified atom stereocenters. The number of rotatable bonds is 5. The SMILES string of the molecule is Cc1ccccc1-n1nnnc1SCC(=O)Nc1ccccc1C(F)(F)F. The first-order valence-electron chi connectivity index (χ1n) is 7.79. The molecule has 6 nitrogen and oxygen atoms in total. The molecule has 0 fully saturated rings. The number of nitrogens with zero attached hydrogens (tertiary/aromatic N) is 4. The first-order chi connectivity index (χ1) is 12.9. The number of thioether (sulfide) groups is 1. The Balaban J connectivity index is 1.70. The summed E-state index contributed by atoms with van der Waals surface area (Å²) in [6.07, 6.45) is -4.55. The number of carbonyl (C=O) groups is 1. The van der Waals surface area contributed by atoms with E-state index < -0.39 is 17.6 Å². The lowest BCUT2D eigenvalue weighted by Crippen LogP contribution is -2.18. The zero-order valence-corrected chi connectivity index (χ0v) is 14.9. The van der Waals surface area contributed by atoms with Crippen LogP contribution in [0.2, 0.25) is 0 Å². The molecule has 0 aliphatic heterocycles. The molecule has 1 N–H and O–H groups in total. The van der Waals surface area contributed by atoms with Crippen LogP contribution >= 0.6 is 11.8 Å². The van der Waals surface area contributed by atoms with E-state index in [1.54, 1.807) is 0 Å². The van der Waals surface area contributed by atoms with Gasteiger partial charge in [-0.2, -0.15) is 17.9 Å². The second-order valence-corrected chi connectivity index (χ2v) is 6.48. The van der Waals surface area contributed by atoms with Crippen molar-refractivity contribution in [2.75, 3.05) is 11.1 Å². The summed E-state index contributed by atoms with van der Waals surface area (Å²) in [5.74, 6) is -0.727. The minimum Gasteiger partial charge on any atom is -0.325 e. The zero-order valence-electron chi connectivity index (χ0n) is 14.1. The van der Waals surface area contributed by atoms with Crippen LogP contribution in [0.1, 0.15) is 11.1 Å². The highest BCUT2D eigenvalue weighted by molar-refractivity contribution is 7.99. The summed E-state index contributed by atoms with van der Waals surface area (Å²) >= 11 is 1.03. The maximum absolute atomic E-state index is 13.0. The molecule has 10 heteroatoms. The molecular formula is C17H14F3N5OS. The molecule has 3 aromatic rings. The molecule has 3 rings (SSSR count). The second kappa shape index (κ2) is 7.78. The number of para-hydroxylation sites is 2. The number of benzene rings is 2. The Bertz CT molecular complexity index is 957. The summed E-state index contributed by atoms with van der Waals surface area (Å²) in [5, 5.41) is 14.1. The van der Waals surface area contributed by atoms with Gasteiger partial charge in [0.1, 0.15) is 0 Å². The van der Waals surface area contributed by atoms with E-state index in [1.165, 1.54) is 22.9 Å². The van der Waals surface area contributed by atoms with Crippen LogP contribution in [0.4, 0.5) is 18.9 Å². The van der Waals surface area contributed by atoms with Gasteiger partial charge < -0.3 is 5.32 Å². The Morgan fingerprint density at radius 3 is 2.59 bits per heavy atom. The fraction of sp³-hybridized carbons (Fsp3) is 0.176. The van der Waals surface area contributed by atoms with E-state index >= 15 is 0 Å². The minimum absolute atomic E-state index is 0.140. The van der Waals surface area contributed by atoms with Crippen molar-refractivity contribution in [1.82, 2.24) is 20.2 Å². The third kappa shape index (κ3) is 4.45. The quantitative estimate of drug-likeness (QED) is 0.669. The molecule has 0 bridgehead atoms. The van der Waals surface area contributed by atoms with Crippen molar-refractivity contribution in [2.24, 2.45) is 0 Å². The normalized spacial score (nSPS) is 11.4. The second-order valence-electron chi connectivity index (χ2n) is 5.54. The van der Waals surface area contributed by atoms with Gasteiger partial charge in [-0.25, -0.2) is 0 Å². The van der Waals surface area contributed by atoms with E-state index in [0.717, 1.165) is 29.1 Å². The maximum Gasteiger partial charge on any atom is 0.418 e. The number of aryl methyl sites for hydroxylation is 1. The van der Waals surface area contributed by atoms with Crippen LogP contribution in [0.5, 0.6) is 0 Å². The van der Waals surface area contributed by atoms with Gasteiger partial charge in [0.05, 0.1) is 22.7 Å². The number of aromatic nitrogens is 4. The monoisotopic (exact) mass is 393 g/mol. The Kier molecular flexibility index (Phi) is 5.45. The highest BCUT2D eigenvalue weighted by Crippen LogP contribution is 2.34. The summed E-state index contributed by atoms with van der Waals surface area (Å²) in [7, 11) is 0. The van der Waals surface area contributed by atoms with Crippen molar-refractivity contribution in [3.8, 4) is 5.69 Å². The zero-order chi connectivity index (χ0) is 19.4. The molecule has 2 aromatic carbocycles. The third-order valence-corrected chi connectivity index (χ3v) is 4.54. The summed E-state index contributed by atoms with van der Waals surface area (Å²) in [6.45, 7) is 1.90. The van der Waals surface area contributed by atoms with E-state index in [4.69, 9.17) is 0 Å². The number of amides is 1. The van der Waals surface area contributed by atoms with Crippen LogP contribution in [0.3, 0.4) is 0 Å². The smallest absolute Gasteiger partial charge is 0.325 e. The van der Waals surface area contributed by atoms with Crippen molar-refractivity contribution in [3.63, 3.8) is 0 Å². The molecule has 0 aliphatic carbocycles. The lowest BCUT2D eigenvalue weighted by atomic mass is 10.1. The highest BCUT2D eigenvalue weighted by Gasteiger charge is 2.33. The fourth-order valence-corrected chi connectivity index (χ4v) is 3.06.